The summed E-state index contributed by atoms with van der Waals surface area (Å²) in [5, 5.41) is 2.50. The topological polar surface area (TPSA) is 186 Å². The number of carbonyl (C=O) groups excluding carboxylic acids is 5. The third kappa shape index (κ3) is 8.98. The summed E-state index contributed by atoms with van der Waals surface area (Å²) < 4.78 is 22.4. The van der Waals surface area contributed by atoms with Crippen LogP contribution in [-0.4, -0.2) is 68.2 Å². The van der Waals surface area contributed by atoms with Gasteiger partial charge in [-0.15, -0.1) is 0 Å². The van der Waals surface area contributed by atoms with Gasteiger partial charge in [0.1, 0.15) is 12.2 Å². The lowest BCUT2D eigenvalue weighted by Gasteiger charge is -2.32. The number of allylic oxidation sites excluding steroid dienone is 4. The van der Waals surface area contributed by atoms with Crippen LogP contribution in [0.5, 0.6) is 0 Å². The fraction of sp³-hybridized carbons (Fsp3) is 0.500. The van der Waals surface area contributed by atoms with Gasteiger partial charge in [0.2, 0.25) is 11.6 Å². The SMILES string of the molecule is CO[C@H]1/C=C\C=C(/C)C(=O)NC2=CC(=O)C(N)=C(CC(C)C[C@H](OC)[C@H](OC(C)=O)C(C)/C=C(\C)[C@@H]1OC(N)=O)C2=O. The van der Waals surface area contributed by atoms with E-state index in [9.17, 15) is 24.0 Å². The minimum atomic E-state index is -1.02. The van der Waals surface area contributed by atoms with Gasteiger partial charge in [0.05, 0.1) is 17.5 Å². The van der Waals surface area contributed by atoms with Crippen molar-refractivity contribution in [3.8, 4) is 0 Å². The molecule has 2 rings (SSSR count). The molecule has 12 heteroatoms. The van der Waals surface area contributed by atoms with E-state index in [0.717, 1.165) is 6.08 Å². The Morgan fingerprint density at radius 1 is 1.05 bits per heavy atom. The van der Waals surface area contributed by atoms with Gasteiger partial charge in [-0.25, -0.2) is 4.79 Å². The average molecular weight is 588 g/mol. The lowest BCUT2D eigenvalue weighted by molar-refractivity contribution is -0.157. The fourth-order valence-corrected chi connectivity index (χ4v) is 4.97. The van der Waals surface area contributed by atoms with Crippen LogP contribution in [0.15, 0.2) is 58.5 Å². The van der Waals surface area contributed by atoms with E-state index in [-0.39, 0.29) is 34.9 Å². The molecule has 230 valence electrons. The van der Waals surface area contributed by atoms with Crippen LogP contribution in [0, 0.1) is 11.8 Å². The summed E-state index contributed by atoms with van der Waals surface area (Å²) in [5.74, 6) is -2.97. The molecule has 0 saturated carbocycles. The number of nitrogens with one attached hydrogen (secondary N) is 1. The number of hydrogen-bond acceptors (Lipinski definition) is 10. The summed E-state index contributed by atoms with van der Waals surface area (Å²) >= 11 is 0. The molecule has 0 fully saturated rings. The van der Waals surface area contributed by atoms with Gasteiger partial charge in [0, 0.05) is 44.3 Å². The molecular weight excluding hydrogens is 546 g/mol. The lowest BCUT2D eigenvalue weighted by Crippen LogP contribution is -2.39. The van der Waals surface area contributed by atoms with E-state index in [0.29, 0.717) is 12.0 Å². The number of methoxy groups -OCH3 is 2. The van der Waals surface area contributed by atoms with Crippen molar-refractivity contribution in [2.45, 2.75) is 71.9 Å². The standard InChI is InChI=1S/C30H41N3O9/c1-15-11-20-25(31)22(35)14-21(26(20)36)33-29(37)16(2)9-8-10-23(39-6)27(42-30(32)38)17(3)13-18(4)28(41-19(5)34)24(12-15)40-7/h8-10,13-15,18,23-24,27-28H,11-12,31H2,1-7H3,(H2,32,38)(H,33,37)/b10-8-,16-9+,17-13+/t15?,18?,23-,24-,27-,28+/m0/s1. The summed E-state index contributed by atoms with van der Waals surface area (Å²) in [6, 6.07) is 0. The Kier molecular flexibility index (Phi) is 12.4. The Bertz CT molecular complexity index is 1240. The number of ketones is 2. The van der Waals surface area contributed by atoms with Crippen LogP contribution in [0.25, 0.3) is 0 Å². The molecule has 0 radical (unpaired) electrons. The first-order chi connectivity index (χ1) is 19.7. The van der Waals surface area contributed by atoms with E-state index < -0.39 is 59.9 Å². The Labute approximate surface area is 245 Å². The van der Waals surface area contributed by atoms with Crippen molar-refractivity contribution in [2.75, 3.05) is 14.2 Å². The van der Waals surface area contributed by atoms with E-state index in [2.05, 4.69) is 5.32 Å². The van der Waals surface area contributed by atoms with Crippen LogP contribution in [0.4, 0.5) is 4.79 Å². The maximum atomic E-state index is 13.3. The predicted molar refractivity (Wildman–Crippen MR) is 153 cm³/mol. The molecule has 42 heavy (non-hydrogen) atoms. The molecule has 2 unspecified atom stereocenters. The molecule has 0 spiro atoms. The highest BCUT2D eigenvalue weighted by Gasteiger charge is 2.34. The fourth-order valence-electron chi connectivity index (χ4n) is 4.97. The molecule has 2 amide bonds. The highest BCUT2D eigenvalue weighted by Crippen LogP contribution is 2.29. The van der Waals surface area contributed by atoms with Crippen molar-refractivity contribution in [1.82, 2.24) is 5.32 Å². The summed E-state index contributed by atoms with van der Waals surface area (Å²) in [6.45, 7) is 8.20. The van der Waals surface area contributed by atoms with Crippen molar-refractivity contribution >= 4 is 29.5 Å². The quantitative estimate of drug-likeness (QED) is 0.250. The summed E-state index contributed by atoms with van der Waals surface area (Å²) in [5.41, 5.74) is 11.9. The van der Waals surface area contributed by atoms with Crippen LogP contribution < -0.4 is 16.8 Å². The maximum absolute atomic E-state index is 13.3. The van der Waals surface area contributed by atoms with Crippen molar-refractivity contribution in [1.29, 1.82) is 0 Å². The highest BCUT2D eigenvalue weighted by atomic mass is 16.6. The largest absolute Gasteiger partial charge is 0.459 e. The molecule has 1 aliphatic heterocycles. The van der Waals surface area contributed by atoms with Gasteiger partial charge in [0.25, 0.3) is 5.91 Å². The van der Waals surface area contributed by atoms with Gasteiger partial charge >= 0.3 is 12.1 Å². The van der Waals surface area contributed by atoms with Crippen LogP contribution >= 0.6 is 0 Å². The van der Waals surface area contributed by atoms with Gasteiger partial charge in [-0.1, -0.05) is 38.2 Å². The van der Waals surface area contributed by atoms with Crippen LogP contribution in [-0.2, 0) is 38.1 Å². The summed E-state index contributed by atoms with van der Waals surface area (Å²) in [6.07, 6.45) is 3.62. The first-order valence-corrected chi connectivity index (χ1v) is 13.5. The molecule has 0 aromatic heterocycles. The second-order valence-corrected chi connectivity index (χ2v) is 10.6. The first-order valence-electron chi connectivity index (χ1n) is 13.5. The molecule has 0 aromatic carbocycles. The number of carbonyl (C=O) groups is 5. The first kappa shape index (κ1) is 34.2. The number of nitrogens with two attached hydrogens (primary N) is 2. The predicted octanol–water partition coefficient (Wildman–Crippen LogP) is 2.29. The third-order valence-corrected chi connectivity index (χ3v) is 7.10. The van der Waals surface area contributed by atoms with Crippen molar-refractivity contribution in [2.24, 2.45) is 23.3 Å². The van der Waals surface area contributed by atoms with E-state index in [1.165, 1.54) is 40.2 Å². The van der Waals surface area contributed by atoms with Gasteiger partial charge in [-0.05, 0) is 38.2 Å². The zero-order chi connectivity index (χ0) is 31.7. The molecule has 6 atom stereocenters. The zero-order valence-electron chi connectivity index (χ0n) is 25.1. The third-order valence-electron chi connectivity index (χ3n) is 7.10. The molecule has 2 aliphatic rings. The van der Waals surface area contributed by atoms with E-state index in [1.54, 1.807) is 19.1 Å². The smallest absolute Gasteiger partial charge is 0.405 e. The number of esters is 1. The van der Waals surface area contributed by atoms with Gasteiger partial charge in [-0.3, -0.25) is 19.2 Å². The normalized spacial score (nSPS) is 31.6. The lowest BCUT2D eigenvalue weighted by atomic mass is 9.85. The van der Waals surface area contributed by atoms with Crippen molar-refractivity contribution < 1.29 is 42.9 Å². The van der Waals surface area contributed by atoms with E-state index in [4.69, 9.17) is 30.4 Å². The molecule has 1 heterocycles. The maximum Gasteiger partial charge on any atom is 0.405 e. The van der Waals surface area contributed by atoms with E-state index in [1.807, 2.05) is 13.8 Å². The number of fused-ring (bicyclic) bond motifs is 2. The van der Waals surface area contributed by atoms with Gasteiger partial charge < -0.3 is 35.7 Å². The number of primary amides is 1. The minimum absolute atomic E-state index is 0.0850. The number of rotatable bonds is 4. The molecule has 1 aliphatic carbocycles. The molecule has 0 saturated heterocycles. The Balaban J connectivity index is 2.67. The Hall–Kier alpha value is -4.03. The van der Waals surface area contributed by atoms with Gasteiger partial charge in [0.15, 0.2) is 6.10 Å². The molecule has 2 bridgehead atoms. The molecule has 12 nitrogen and oxygen atoms in total. The van der Waals surface area contributed by atoms with Crippen LogP contribution in [0.2, 0.25) is 0 Å². The van der Waals surface area contributed by atoms with Crippen molar-refractivity contribution in [3.63, 3.8) is 0 Å². The summed E-state index contributed by atoms with van der Waals surface area (Å²) in [4.78, 5) is 62.7. The molecule has 5 N–H and O–H groups in total. The Morgan fingerprint density at radius 3 is 2.29 bits per heavy atom. The highest BCUT2D eigenvalue weighted by molar-refractivity contribution is 6.23. The minimum Gasteiger partial charge on any atom is -0.459 e. The van der Waals surface area contributed by atoms with Crippen LogP contribution in [0.1, 0.15) is 47.5 Å². The number of Topliss-reactive ketones (excluding diaryl/α,β-unsaturated/α-hetero) is 1. The summed E-state index contributed by atoms with van der Waals surface area (Å²) in [7, 11) is 2.90. The van der Waals surface area contributed by atoms with Gasteiger partial charge in [-0.2, -0.15) is 0 Å². The molecule has 0 aromatic rings. The zero-order valence-corrected chi connectivity index (χ0v) is 25.1. The number of hydrogen-bond donors (Lipinski definition) is 3. The average Bonchev–Trinajstić information content (AvgIpc) is 2.91. The van der Waals surface area contributed by atoms with Crippen LogP contribution in [0.3, 0.4) is 0 Å². The van der Waals surface area contributed by atoms with E-state index >= 15 is 0 Å². The number of ether oxygens (including phenoxy) is 4. The second kappa shape index (κ2) is 15.3. The molecular formula is C30H41N3O9. The van der Waals surface area contributed by atoms with Crippen molar-refractivity contribution in [3.05, 3.63) is 58.5 Å². The Morgan fingerprint density at radius 2 is 1.71 bits per heavy atom. The number of amides is 2. The monoisotopic (exact) mass is 587 g/mol. The second-order valence-electron chi connectivity index (χ2n) is 10.6.